The van der Waals surface area contributed by atoms with E-state index in [0.717, 1.165) is 5.39 Å². The highest BCUT2D eigenvalue weighted by Gasteiger charge is 2.37. The van der Waals surface area contributed by atoms with Crippen molar-refractivity contribution in [3.63, 3.8) is 0 Å². The molecule has 3 amide bonds. The number of nitrogens with one attached hydrogen (secondary N) is 1. The number of ether oxygens (including phenoxy) is 2. The molecule has 0 radical (unpaired) electrons. The standard InChI is InChI=1S/C26H34N4O7/c1-5-37-26(35)30-13-12-29(15-21(30)16(2)3)25(34)19(10-11-23(31)32)28-24(33)20-14-22(36-4)17-8-6-7-9-18(17)27-20/h6-9,14,16,19,21H,5,10-13,15H2,1-4H3,(H,28,33)(H,31,32). The molecule has 2 unspecified atom stereocenters. The predicted molar refractivity (Wildman–Crippen MR) is 135 cm³/mol. The number of aliphatic carboxylic acids is 1. The molecule has 0 aliphatic carbocycles. The van der Waals surface area contributed by atoms with E-state index in [0.29, 0.717) is 11.3 Å². The zero-order valence-corrected chi connectivity index (χ0v) is 21.6. The Bertz CT molecular complexity index is 1150. The van der Waals surface area contributed by atoms with Crippen LogP contribution in [0.1, 0.15) is 44.1 Å². The van der Waals surface area contributed by atoms with Crippen LogP contribution < -0.4 is 10.1 Å². The average molecular weight is 515 g/mol. The minimum absolute atomic E-state index is 0.0429. The number of carboxylic acid groups (broad SMARTS) is 1. The molecule has 3 rings (SSSR count). The van der Waals surface area contributed by atoms with Crippen LogP contribution in [0, 0.1) is 5.92 Å². The molecule has 2 heterocycles. The summed E-state index contributed by atoms with van der Waals surface area (Å²) in [7, 11) is 1.49. The fourth-order valence-corrected chi connectivity index (χ4v) is 4.42. The number of amides is 3. The van der Waals surface area contributed by atoms with Gasteiger partial charge in [0, 0.05) is 37.5 Å². The molecule has 11 nitrogen and oxygen atoms in total. The average Bonchev–Trinajstić information content (AvgIpc) is 2.89. The molecule has 1 aliphatic heterocycles. The molecule has 1 fully saturated rings. The molecule has 200 valence electrons. The van der Waals surface area contributed by atoms with Crippen LogP contribution in [0.4, 0.5) is 4.79 Å². The lowest BCUT2D eigenvalue weighted by Gasteiger charge is -2.43. The number of para-hydroxylation sites is 1. The first-order valence-corrected chi connectivity index (χ1v) is 12.3. The van der Waals surface area contributed by atoms with E-state index in [1.807, 2.05) is 26.0 Å². The smallest absolute Gasteiger partial charge is 0.410 e. The fraction of sp³-hybridized carbons (Fsp3) is 0.500. The van der Waals surface area contributed by atoms with Crippen LogP contribution in [0.2, 0.25) is 0 Å². The number of carbonyl (C=O) groups is 4. The summed E-state index contributed by atoms with van der Waals surface area (Å²) in [5.41, 5.74) is 0.603. The molecular weight excluding hydrogens is 480 g/mol. The highest BCUT2D eigenvalue weighted by molar-refractivity contribution is 5.99. The Morgan fingerprint density at radius 3 is 2.57 bits per heavy atom. The van der Waals surface area contributed by atoms with Crippen molar-refractivity contribution in [1.82, 2.24) is 20.1 Å². The first kappa shape index (κ1) is 27.7. The maximum Gasteiger partial charge on any atom is 0.410 e. The van der Waals surface area contributed by atoms with Crippen molar-refractivity contribution in [2.24, 2.45) is 5.92 Å². The van der Waals surface area contributed by atoms with Crippen LogP contribution in [-0.2, 0) is 14.3 Å². The van der Waals surface area contributed by atoms with Crippen molar-refractivity contribution in [3.8, 4) is 5.75 Å². The lowest BCUT2D eigenvalue weighted by Crippen LogP contribution is -2.61. The van der Waals surface area contributed by atoms with Crippen LogP contribution in [0.3, 0.4) is 0 Å². The minimum atomic E-state index is -1.08. The number of methoxy groups -OCH3 is 1. The number of hydrogen-bond acceptors (Lipinski definition) is 7. The van der Waals surface area contributed by atoms with E-state index < -0.39 is 29.9 Å². The largest absolute Gasteiger partial charge is 0.496 e. The van der Waals surface area contributed by atoms with E-state index in [9.17, 15) is 24.3 Å². The molecule has 37 heavy (non-hydrogen) atoms. The van der Waals surface area contributed by atoms with Gasteiger partial charge in [-0.2, -0.15) is 0 Å². The first-order valence-electron chi connectivity index (χ1n) is 12.3. The number of nitrogens with zero attached hydrogens (tertiary/aromatic N) is 3. The Labute approximate surface area is 215 Å². The van der Waals surface area contributed by atoms with E-state index in [-0.39, 0.29) is 56.7 Å². The van der Waals surface area contributed by atoms with Crippen LogP contribution in [0.15, 0.2) is 30.3 Å². The topological polar surface area (TPSA) is 138 Å². The number of benzene rings is 1. The molecule has 1 aromatic heterocycles. The second-order valence-electron chi connectivity index (χ2n) is 9.17. The molecule has 1 aliphatic rings. The first-order chi connectivity index (χ1) is 17.7. The van der Waals surface area contributed by atoms with Crippen molar-refractivity contribution in [2.75, 3.05) is 33.4 Å². The molecule has 2 atom stereocenters. The van der Waals surface area contributed by atoms with E-state index in [2.05, 4.69) is 10.3 Å². The summed E-state index contributed by atoms with van der Waals surface area (Å²) in [6, 6.07) is 7.32. The van der Waals surface area contributed by atoms with Gasteiger partial charge in [0.15, 0.2) is 0 Å². The number of piperazine rings is 1. The molecule has 1 aromatic carbocycles. The van der Waals surface area contributed by atoms with Gasteiger partial charge in [0.2, 0.25) is 5.91 Å². The molecule has 2 aromatic rings. The zero-order chi connectivity index (χ0) is 27.1. The lowest BCUT2D eigenvalue weighted by atomic mass is 9.99. The van der Waals surface area contributed by atoms with Crippen LogP contribution in [0.5, 0.6) is 5.75 Å². The number of aromatic nitrogens is 1. The highest BCUT2D eigenvalue weighted by atomic mass is 16.6. The predicted octanol–water partition coefficient (Wildman–Crippen LogP) is 2.53. The lowest BCUT2D eigenvalue weighted by molar-refractivity contribution is -0.139. The second kappa shape index (κ2) is 12.4. The molecule has 2 N–H and O–H groups in total. The number of fused-ring (bicyclic) bond motifs is 1. The summed E-state index contributed by atoms with van der Waals surface area (Å²) in [5.74, 6) is -1.60. The normalized spacial score (nSPS) is 16.4. The SMILES string of the molecule is CCOC(=O)N1CCN(C(=O)C(CCC(=O)O)NC(=O)c2cc(OC)c3ccccc3n2)CC1C(C)C. The van der Waals surface area contributed by atoms with Gasteiger partial charge in [0.05, 0.1) is 25.3 Å². The molecule has 11 heteroatoms. The summed E-state index contributed by atoms with van der Waals surface area (Å²) in [6.45, 7) is 6.65. The third-order valence-electron chi connectivity index (χ3n) is 6.38. The quantitative estimate of drug-likeness (QED) is 0.521. The van der Waals surface area contributed by atoms with Gasteiger partial charge in [0.25, 0.3) is 5.91 Å². The Kier molecular flexibility index (Phi) is 9.26. The summed E-state index contributed by atoms with van der Waals surface area (Å²) in [5, 5.41) is 12.6. The summed E-state index contributed by atoms with van der Waals surface area (Å²) in [6.07, 6.45) is -0.822. The maximum atomic E-state index is 13.5. The zero-order valence-electron chi connectivity index (χ0n) is 21.6. The number of hydrogen-bond donors (Lipinski definition) is 2. The van der Waals surface area contributed by atoms with E-state index in [1.165, 1.54) is 13.2 Å². The van der Waals surface area contributed by atoms with Gasteiger partial charge >= 0.3 is 12.1 Å². The van der Waals surface area contributed by atoms with E-state index >= 15 is 0 Å². The molecule has 0 spiro atoms. The van der Waals surface area contributed by atoms with Crippen molar-refractivity contribution < 1.29 is 33.8 Å². The number of carboxylic acids is 1. The van der Waals surface area contributed by atoms with Gasteiger partial charge in [-0.25, -0.2) is 9.78 Å². The minimum Gasteiger partial charge on any atom is -0.496 e. The number of carbonyl (C=O) groups excluding carboxylic acids is 3. The second-order valence-corrected chi connectivity index (χ2v) is 9.17. The van der Waals surface area contributed by atoms with Crippen LogP contribution in [0.25, 0.3) is 10.9 Å². The fourth-order valence-electron chi connectivity index (χ4n) is 4.42. The third kappa shape index (κ3) is 6.66. The van der Waals surface area contributed by atoms with Crippen molar-refractivity contribution in [2.45, 2.75) is 45.7 Å². The molecule has 0 saturated carbocycles. The summed E-state index contributed by atoms with van der Waals surface area (Å²) < 4.78 is 10.6. The van der Waals surface area contributed by atoms with Gasteiger partial charge in [-0.05, 0) is 31.4 Å². The Morgan fingerprint density at radius 2 is 1.92 bits per heavy atom. The van der Waals surface area contributed by atoms with Gasteiger partial charge in [-0.15, -0.1) is 0 Å². The number of rotatable bonds is 9. The van der Waals surface area contributed by atoms with E-state index in [1.54, 1.807) is 28.9 Å². The van der Waals surface area contributed by atoms with Gasteiger partial charge < -0.3 is 29.7 Å². The van der Waals surface area contributed by atoms with Crippen molar-refractivity contribution >= 4 is 34.8 Å². The van der Waals surface area contributed by atoms with Crippen molar-refractivity contribution in [3.05, 3.63) is 36.0 Å². The Balaban J connectivity index is 1.81. The van der Waals surface area contributed by atoms with Gasteiger partial charge in [-0.1, -0.05) is 26.0 Å². The van der Waals surface area contributed by atoms with Gasteiger partial charge in [-0.3, -0.25) is 14.4 Å². The van der Waals surface area contributed by atoms with Crippen LogP contribution in [-0.4, -0.2) is 89.2 Å². The third-order valence-corrected chi connectivity index (χ3v) is 6.38. The molecule has 0 bridgehead atoms. The van der Waals surface area contributed by atoms with E-state index in [4.69, 9.17) is 9.47 Å². The summed E-state index contributed by atoms with van der Waals surface area (Å²) >= 11 is 0. The summed E-state index contributed by atoms with van der Waals surface area (Å²) in [4.78, 5) is 58.0. The molecular formula is C26H34N4O7. The van der Waals surface area contributed by atoms with Crippen molar-refractivity contribution in [1.29, 1.82) is 0 Å². The monoisotopic (exact) mass is 514 g/mol. The maximum absolute atomic E-state index is 13.5. The highest BCUT2D eigenvalue weighted by Crippen LogP contribution is 2.25. The van der Waals surface area contributed by atoms with Gasteiger partial charge in [0.1, 0.15) is 17.5 Å². The number of pyridine rings is 1. The molecule has 1 saturated heterocycles. The van der Waals surface area contributed by atoms with Crippen LogP contribution >= 0.6 is 0 Å². The Morgan fingerprint density at radius 1 is 1.19 bits per heavy atom. The Hall–Kier alpha value is -3.89.